The van der Waals surface area contributed by atoms with Gasteiger partial charge in [0.1, 0.15) is 17.6 Å². The number of hydrogen-bond acceptors (Lipinski definition) is 3. The minimum absolute atomic E-state index is 0.140. The van der Waals surface area contributed by atoms with Crippen molar-refractivity contribution in [3.8, 4) is 5.75 Å². The van der Waals surface area contributed by atoms with Gasteiger partial charge in [-0.1, -0.05) is 60.7 Å². The summed E-state index contributed by atoms with van der Waals surface area (Å²) in [4.78, 5) is 27.8. The predicted molar refractivity (Wildman–Crippen MR) is 122 cm³/mol. The van der Waals surface area contributed by atoms with Gasteiger partial charge in [-0.2, -0.15) is 0 Å². The number of ether oxygens (including phenoxy) is 1. The lowest BCUT2D eigenvalue weighted by atomic mass is 10.0. The Labute approximate surface area is 187 Å². The molecule has 0 heterocycles. The monoisotopic (exact) mass is 434 g/mol. The number of carbonyl (C=O) groups is 2. The van der Waals surface area contributed by atoms with E-state index in [0.29, 0.717) is 17.7 Å². The molecule has 0 saturated heterocycles. The number of benzene rings is 3. The Morgan fingerprint density at radius 2 is 1.66 bits per heavy atom. The van der Waals surface area contributed by atoms with Crippen LogP contribution in [0.5, 0.6) is 5.75 Å². The van der Waals surface area contributed by atoms with E-state index in [1.165, 1.54) is 11.0 Å². The zero-order valence-electron chi connectivity index (χ0n) is 18.3. The highest BCUT2D eigenvalue weighted by molar-refractivity contribution is 5.88. The largest absolute Gasteiger partial charge is 0.497 e. The van der Waals surface area contributed by atoms with Gasteiger partial charge in [-0.15, -0.1) is 0 Å². The highest BCUT2D eigenvalue weighted by atomic mass is 19.1. The summed E-state index contributed by atoms with van der Waals surface area (Å²) in [5.74, 6) is -0.397. The molecule has 0 bridgehead atoms. The fraction of sp³-hybridized carbons (Fsp3) is 0.231. The summed E-state index contributed by atoms with van der Waals surface area (Å²) >= 11 is 0. The molecule has 3 rings (SSSR count). The summed E-state index contributed by atoms with van der Waals surface area (Å²) in [6.45, 7) is 0.190. The predicted octanol–water partition coefficient (Wildman–Crippen LogP) is 3.76. The highest BCUT2D eigenvalue weighted by Crippen LogP contribution is 2.20. The normalized spacial score (nSPS) is 11.5. The lowest BCUT2D eigenvalue weighted by molar-refractivity contribution is -0.140. The Kier molecular flexibility index (Phi) is 7.97. The fourth-order valence-corrected chi connectivity index (χ4v) is 3.59. The lowest BCUT2D eigenvalue weighted by Crippen LogP contribution is -2.50. The molecule has 0 spiro atoms. The highest BCUT2D eigenvalue weighted by Gasteiger charge is 2.30. The van der Waals surface area contributed by atoms with Gasteiger partial charge in [0, 0.05) is 20.0 Å². The van der Waals surface area contributed by atoms with Crippen LogP contribution >= 0.6 is 0 Å². The molecule has 0 radical (unpaired) electrons. The van der Waals surface area contributed by atoms with Crippen LogP contribution in [0.25, 0.3) is 0 Å². The number of carbonyl (C=O) groups excluding carboxylic acids is 2. The maximum Gasteiger partial charge on any atom is 0.242 e. The zero-order valence-corrected chi connectivity index (χ0v) is 18.3. The van der Waals surface area contributed by atoms with E-state index in [-0.39, 0.29) is 24.8 Å². The van der Waals surface area contributed by atoms with Crippen LogP contribution in [0.3, 0.4) is 0 Å². The van der Waals surface area contributed by atoms with E-state index in [9.17, 15) is 14.0 Å². The third kappa shape index (κ3) is 5.94. The first-order chi connectivity index (χ1) is 15.5. The maximum atomic E-state index is 14.2. The van der Waals surface area contributed by atoms with Crippen LogP contribution in [0.1, 0.15) is 16.7 Å². The van der Waals surface area contributed by atoms with Gasteiger partial charge in [0.15, 0.2) is 0 Å². The first-order valence-corrected chi connectivity index (χ1v) is 10.4. The van der Waals surface area contributed by atoms with Crippen molar-refractivity contribution in [1.82, 2.24) is 10.2 Å². The Hall–Kier alpha value is -3.67. The van der Waals surface area contributed by atoms with Crippen molar-refractivity contribution in [2.45, 2.75) is 25.4 Å². The van der Waals surface area contributed by atoms with E-state index in [2.05, 4.69) is 5.32 Å². The van der Waals surface area contributed by atoms with Gasteiger partial charge in [-0.25, -0.2) is 4.39 Å². The van der Waals surface area contributed by atoms with E-state index in [1.807, 2.05) is 54.6 Å². The molecule has 32 heavy (non-hydrogen) atoms. The topological polar surface area (TPSA) is 58.6 Å². The fourth-order valence-electron chi connectivity index (χ4n) is 3.59. The number of amides is 2. The molecule has 3 aromatic carbocycles. The van der Waals surface area contributed by atoms with Crippen molar-refractivity contribution in [3.63, 3.8) is 0 Å². The molecule has 3 aromatic rings. The Bertz CT molecular complexity index is 1060. The second-order valence-electron chi connectivity index (χ2n) is 7.46. The van der Waals surface area contributed by atoms with E-state index in [0.717, 1.165) is 11.1 Å². The number of likely N-dealkylation sites (N-methyl/N-ethyl adjacent to an activating group) is 1. The standard InChI is InChI=1S/C26H27FN2O3/c1-28-26(31)24(16-19-9-4-3-5-10-19)29(18-20-11-8-13-22(15-20)32-2)25(30)17-21-12-6-7-14-23(21)27/h3-15,24H,16-18H2,1-2H3,(H,28,31)/t24-/m0/s1. The van der Waals surface area contributed by atoms with Gasteiger partial charge >= 0.3 is 0 Å². The van der Waals surface area contributed by atoms with Crippen LogP contribution in [0.15, 0.2) is 78.9 Å². The van der Waals surface area contributed by atoms with E-state index in [4.69, 9.17) is 4.74 Å². The molecule has 0 saturated carbocycles. The smallest absolute Gasteiger partial charge is 0.242 e. The molecule has 166 valence electrons. The van der Waals surface area contributed by atoms with Crippen LogP contribution < -0.4 is 10.1 Å². The van der Waals surface area contributed by atoms with Crippen molar-refractivity contribution in [2.24, 2.45) is 0 Å². The summed E-state index contributed by atoms with van der Waals surface area (Å²) in [6, 6.07) is 22.3. The van der Waals surface area contributed by atoms with Crippen LogP contribution in [-0.2, 0) is 29.0 Å². The molecule has 1 atom stereocenters. The number of methoxy groups -OCH3 is 1. The Morgan fingerprint density at radius 3 is 2.34 bits per heavy atom. The van der Waals surface area contributed by atoms with E-state index in [1.54, 1.807) is 32.4 Å². The van der Waals surface area contributed by atoms with Gasteiger partial charge in [0.2, 0.25) is 11.8 Å². The SMILES string of the molecule is CNC(=O)[C@H](Cc1ccccc1)N(Cc1cccc(OC)c1)C(=O)Cc1ccccc1F. The first kappa shape index (κ1) is 23.0. The third-order valence-electron chi connectivity index (χ3n) is 5.30. The number of nitrogens with zero attached hydrogens (tertiary/aromatic N) is 1. The van der Waals surface area contributed by atoms with Crippen molar-refractivity contribution in [2.75, 3.05) is 14.2 Å². The van der Waals surface area contributed by atoms with E-state index < -0.39 is 11.9 Å². The molecule has 0 aromatic heterocycles. The molecule has 0 fully saturated rings. The van der Waals surface area contributed by atoms with Gasteiger partial charge < -0.3 is 15.0 Å². The molecule has 2 amide bonds. The second kappa shape index (κ2) is 11.1. The van der Waals surface area contributed by atoms with Crippen molar-refractivity contribution in [3.05, 3.63) is 101 Å². The number of hydrogen-bond donors (Lipinski definition) is 1. The zero-order chi connectivity index (χ0) is 22.9. The lowest BCUT2D eigenvalue weighted by Gasteiger charge is -2.31. The van der Waals surface area contributed by atoms with Gasteiger partial charge in [-0.3, -0.25) is 9.59 Å². The summed E-state index contributed by atoms with van der Waals surface area (Å²) in [5.41, 5.74) is 2.03. The van der Waals surface area contributed by atoms with Gasteiger partial charge in [0.05, 0.1) is 13.5 Å². The summed E-state index contributed by atoms with van der Waals surface area (Å²) in [5, 5.41) is 2.67. The Morgan fingerprint density at radius 1 is 0.969 bits per heavy atom. The molecule has 0 aliphatic heterocycles. The van der Waals surface area contributed by atoms with Crippen molar-refractivity contribution < 1.29 is 18.7 Å². The average Bonchev–Trinajstić information content (AvgIpc) is 2.83. The second-order valence-corrected chi connectivity index (χ2v) is 7.46. The Balaban J connectivity index is 1.96. The molecule has 0 aliphatic carbocycles. The number of nitrogens with one attached hydrogen (secondary N) is 1. The average molecular weight is 435 g/mol. The minimum Gasteiger partial charge on any atom is -0.497 e. The molecule has 0 unspecified atom stereocenters. The number of halogens is 1. The molecular weight excluding hydrogens is 407 g/mol. The molecular formula is C26H27FN2O3. The van der Waals surface area contributed by atoms with Crippen LogP contribution in [0.2, 0.25) is 0 Å². The van der Waals surface area contributed by atoms with Crippen molar-refractivity contribution in [1.29, 1.82) is 0 Å². The summed E-state index contributed by atoms with van der Waals surface area (Å²) < 4.78 is 19.5. The number of rotatable bonds is 9. The van der Waals surface area contributed by atoms with Gasteiger partial charge in [-0.05, 0) is 34.9 Å². The van der Waals surface area contributed by atoms with Crippen LogP contribution in [0, 0.1) is 5.82 Å². The minimum atomic E-state index is -0.757. The van der Waals surface area contributed by atoms with Crippen LogP contribution in [0.4, 0.5) is 4.39 Å². The molecule has 0 aliphatic rings. The molecule has 6 heteroatoms. The maximum absolute atomic E-state index is 14.2. The van der Waals surface area contributed by atoms with Crippen LogP contribution in [-0.4, -0.2) is 36.9 Å². The quantitative estimate of drug-likeness (QED) is 0.558. The van der Waals surface area contributed by atoms with E-state index >= 15 is 0 Å². The molecule has 5 nitrogen and oxygen atoms in total. The van der Waals surface area contributed by atoms with Gasteiger partial charge in [0.25, 0.3) is 0 Å². The molecule has 1 N–H and O–H groups in total. The summed E-state index contributed by atoms with van der Waals surface area (Å²) in [7, 11) is 3.12. The van der Waals surface area contributed by atoms with Crippen molar-refractivity contribution >= 4 is 11.8 Å². The first-order valence-electron chi connectivity index (χ1n) is 10.4. The third-order valence-corrected chi connectivity index (χ3v) is 5.30. The summed E-state index contributed by atoms with van der Waals surface area (Å²) in [6.07, 6.45) is 0.201.